The van der Waals surface area contributed by atoms with Crippen LogP contribution < -0.4 is 9.88 Å². The van der Waals surface area contributed by atoms with Crippen molar-refractivity contribution in [1.29, 1.82) is 0 Å². The summed E-state index contributed by atoms with van der Waals surface area (Å²) in [5.74, 6) is 0.616. The SMILES string of the molecule is NS(=O)(=O)c1ccc(S(=O)(=O)N2CCC(Oc3cccc4cccnc34)C2)cc1. The maximum atomic E-state index is 12.9. The van der Waals surface area contributed by atoms with Crippen molar-refractivity contribution in [2.45, 2.75) is 22.3 Å². The van der Waals surface area contributed by atoms with Crippen molar-refractivity contribution in [3.05, 3.63) is 60.8 Å². The number of benzene rings is 2. The van der Waals surface area contributed by atoms with Gasteiger partial charge in [0.05, 0.1) is 16.3 Å². The van der Waals surface area contributed by atoms with Gasteiger partial charge in [0, 0.05) is 18.1 Å². The van der Waals surface area contributed by atoms with E-state index in [1.807, 2.05) is 30.3 Å². The van der Waals surface area contributed by atoms with Crippen LogP contribution in [0.4, 0.5) is 0 Å². The molecule has 1 unspecified atom stereocenters. The minimum absolute atomic E-state index is 0.0115. The molecule has 29 heavy (non-hydrogen) atoms. The van der Waals surface area contributed by atoms with Crippen molar-refractivity contribution in [2.75, 3.05) is 13.1 Å². The zero-order chi connectivity index (χ0) is 20.6. The number of nitrogens with zero attached hydrogens (tertiary/aromatic N) is 2. The largest absolute Gasteiger partial charge is 0.487 e. The molecule has 1 aliphatic heterocycles. The van der Waals surface area contributed by atoms with Crippen molar-refractivity contribution in [2.24, 2.45) is 5.14 Å². The highest BCUT2D eigenvalue weighted by molar-refractivity contribution is 7.89. The summed E-state index contributed by atoms with van der Waals surface area (Å²) in [4.78, 5) is 4.23. The highest BCUT2D eigenvalue weighted by Gasteiger charge is 2.34. The summed E-state index contributed by atoms with van der Waals surface area (Å²) in [6.45, 7) is 0.505. The smallest absolute Gasteiger partial charge is 0.243 e. The van der Waals surface area contributed by atoms with Crippen molar-refractivity contribution >= 4 is 30.9 Å². The van der Waals surface area contributed by atoms with Crippen LogP contribution in [0, 0.1) is 0 Å². The van der Waals surface area contributed by atoms with Gasteiger partial charge in [-0.25, -0.2) is 22.0 Å². The molecule has 0 spiro atoms. The summed E-state index contributed by atoms with van der Waals surface area (Å²) < 4.78 is 55.9. The highest BCUT2D eigenvalue weighted by Crippen LogP contribution is 2.28. The lowest BCUT2D eigenvalue weighted by Gasteiger charge is -2.18. The molecule has 0 radical (unpaired) electrons. The van der Waals surface area contributed by atoms with E-state index in [0.717, 1.165) is 10.9 Å². The minimum atomic E-state index is -3.88. The van der Waals surface area contributed by atoms with Gasteiger partial charge < -0.3 is 4.74 Å². The quantitative estimate of drug-likeness (QED) is 0.654. The lowest BCUT2D eigenvalue weighted by Crippen LogP contribution is -2.31. The van der Waals surface area contributed by atoms with E-state index in [4.69, 9.17) is 9.88 Å². The van der Waals surface area contributed by atoms with Crippen LogP contribution in [0.5, 0.6) is 5.75 Å². The molecule has 2 heterocycles. The standard InChI is InChI=1S/C19H19N3O5S2/c20-28(23,24)16-6-8-17(9-7-16)29(25,26)22-12-10-15(13-22)27-18-5-1-3-14-4-2-11-21-19(14)18/h1-9,11,15H,10,12-13H2,(H2,20,23,24). The first-order chi connectivity index (χ1) is 13.7. The summed E-state index contributed by atoms with van der Waals surface area (Å²) in [5.41, 5.74) is 0.731. The highest BCUT2D eigenvalue weighted by atomic mass is 32.2. The number of nitrogens with two attached hydrogens (primary N) is 1. The van der Waals surface area contributed by atoms with E-state index in [1.165, 1.54) is 28.6 Å². The predicted octanol–water partition coefficient (Wildman–Crippen LogP) is 1.72. The van der Waals surface area contributed by atoms with E-state index in [-0.39, 0.29) is 22.4 Å². The van der Waals surface area contributed by atoms with Crippen molar-refractivity contribution in [1.82, 2.24) is 9.29 Å². The van der Waals surface area contributed by atoms with E-state index in [2.05, 4.69) is 4.98 Å². The van der Waals surface area contributed by atoms with E-state index in [9.17, 15) is 16.8 Å². The summed E-state index contributed by atoms with van der Waals surface area (Å²) in [5, 5.41) is 6.01. The van der Waals surface area contributed by atoms with Gasteiger partial charge in [-0.05, 0) is 42.8 Å². The first kappa shape index (κ1) is 19.8. The number of sulfonamides is 2. The van der Waals surface area contributed by atoms with Crippen LogP contribution in [0.1, 0.15) is 6.42 Å². The summed E-state index contributed by atoms with van der Waals surface area (Å²) in [6, 6.07) is 14.3. The second kappa shape index (κ2) is 7.38. The second-order valence-corrected chi connectivity index (χ2v) is 10.2. The number of fused-ring (bicyclic) bond motifs is 1. The van der Waals surface area contributed by atoms with Gasteiger partial charge in [0.1, 0.15) is 17.4 Å². The van der Waals surface area contributed by atoms with E-state index < -0.39 is 20.0 Å². The molecule has 0 amide bonds. The fourth-order valence-corrected chi connectivity index (χ4v) is 5.32. The lowest BCUT2D eigenvalue weighted by atomic mass is 10.2. The lowest BCUT2D eigenvalue weighted by molar-refractivity contribution is 0.218. The van der Waals surface area contributed by atoms with Crippen LogP contribution in [0.2, 0.25) is 0 Å². The second-order valence-electron chi connectivity index (χ2n) is 6.74. The summed E-state index contributed by atoms with van der Waals surface area (Å²) in [6.07, 6.45) is 1.92. The number of para-hydroxylation sites is 1. The van der Waals surface area contributed by atoms with Gasteiger partial charge in [-0.15, -0.1) is 0 Å². The van der Waals surface area contributed by atoms with E-state index in [1.54, 1.807) is 6.20 Å². The number of hydrogen-bond donors (Lipinski definition) is 1. The molecular weight excluding hydrogens is 414 g/mol. The number of hydrogen-bond acceptors (Lipinski definition) is 6. The van der Waals surface area contributed by atoms with Crippen molar-refractivity contribution in [3.63, 3.8) is 0 Å². The molecule has 1 saturated heterocycles. The third kappa shape index (κ3) is 3.97. The predicted molar refractivity (Wildman–Crippen MR) is 107 cm³/mol. The Balaban J connectivity index is 1.51. The molecule has 4 rings (SSSR count). The van der Waals surface area contributed by atoms with Crippen LogP contribution in [-0.4, -0.2) is 45.3 Å². The molecule has 1 atom stereocenters. The van der Waals surface area contributed by atoms with E-state index >= 15 is 0 Å². The average Bonchev–Trinajstić information content (AvgIpc) is 3.17. The minimum Gasteiger partial charge on any atom is -0.487 e. The molecule has 3 aromatic rings. The first-order valence-electron chi connectivity index (χ1n) is 8.88. The molecule has 152 valence electrons. The van der Waals surface area contributed by atoms with Crippen LogP contribution in [0.3, 0.4) is 0 Å². The Morgan fingerprint density at radius 1 is 0.966 bits per heavy atom. The fraction of sp³-hybridized carbons (Fsp3) is 0.211. The molecule has 0 bridgehead atoms. The Hall–Kier alpha value is -2.53. The Morgan fingerprint density at radius 3 is 2.38 bits per heavy atom. The monoisotopic (exact) mass is 433 g/mol. The fourth-order valence-electron chi connectivity index (χ4n) is 3.31. The number of pyridine rings is 1. The van der Waals surface area contributed by atoms with Crippen molar-refractivity contribution in [3.8, 4) is 5.75 Å². The van der Waals surface area contributed by atoms with Gasteiger partial charge in [0.2, 0.25) is 20.0 Å². The molecule has 1 fully saturated rings. The molecule has 1 aromatic heterocycles. The Bertz CT molecular complexity index is 1250. The van der Waals surface area contributed by atoms with Gasteiger partial charge in [0.15, 0.2) is 0 Å². The van der Waals surface area contributed by atoms with Gasteiger partial charge in [0.25, 0.3) is 0 Å². The summed E-state index contributed by atoms with van der Waals surface area (Å²) >= 11 is 0. The Labute approximate surface area is 169 Å². The van der Waals surface area contributed by atoms with Crippen molar-refractivity contribution < 1.29 is 21.6 Å². The van der Waals surface area contributed by atoms with Crippen LogP contribution in [0.25, 0.3) is 10.9 Å². The van der Waals surface area contributed by atoms with Gasteiger partial charge in [-0.2, -0.15) is 4.31 Å². The molecule has 0 aliphatic carbocycles. The Kier molecular flexibility index (Phi) is 5.03. The van der Waals surface area contributed by atoms with E-state index in [0.29, 0.717) is 18.7 Å². The zero-order valence-corrected chi connectivity index (χ0v) is 16.9. The molecule has 10 heteroatoms. The van der Waals surface area contributed by atoms with Crippen LogP contribution in [0.15, 0.2) is 70.6 Å². The molecule has 1 aliphatic rings. The summed E-state index contributed by atoms with van der Waals surface area (Å²) in [7, 11) is -7.65. The molecule has 0 saturated carbocycles. The molecule has 8 nitrogen and oxygen atoms in total. The molecular formula is C19H19N3O5S2. The van der Waals surface area contributed by atoms with Crippen LogP contribution >= 0.6 is 0 Å². The topological polar surface area (TPSA) is 120 Å². The number of primary sulfonamides is 1. The molecule has 2 aromatic carbocycles. The normalized spacial score (nSPS) is 18.2. The average molecular weight is 434 g/mol. The third-order valence-electron chi connectivity index (χ3n) is 4.79. The third-order valence-corrected chi connectivity index (χ3v) is 7.60. The first-order valence-corrected chi connectivity index (χ1v) is 11.9. The zero-order valence-electron chi connectivity index (χ0n) is 15.3. The maximum absolute atomic E-state index is 12.9. The maximum Gasteiger partial charge on any atom is 0.243 e. The van der Waals surface area contributed by atoms with Gasteiger partial charge in [-0.1, -0.05) is 18.2 Å². The number of rotatable bonds is 5. The van der Waals surface area contributed by atoms with Crippen LogP contribution in [-0.2, 0) is 20.0 Å². The van der Waals surface area contributed by atoms with Gasteiger partial charge in [-0.3, -0.25) is 4.98 Å². The van der Waals surface area contributed by atoms with Gasteiger partial charge >= 0.3 is 0 Å². The number of aromatic nitrogens is 1. The Morgan fingerprint density at radius 2 is 1.66 bits per heavy atom. The number of ether oxygens (including phenoxy) is 1. The molecule has 2 N–H and O–H groups in total.